The summed E-state index contributed by atoms with van der Waals surface area (Å²) in [5.41, 5.74) is 0.749. The van der Waals surface area contributed by atoms with Crippen LogP contribution in [0, 0.1) is 5.92 Å². The molecule has 106 valence electrons. The van der Waals surface area contributed by atoms with Crippen LogP contribution in [0.25, 0.3) is 0 Å². The van der Waals surface area contributed by atoms with Crippen molar-refractivity contribution in [1.29, 1.82) is 0 Å². The van der Waals surface area contributed by atoms with Crippen LogP contribution in [0.15, 0.2) is 30.3 Å². The second kappa shape index (κ2) is 5.73. The van der Waals surface area contributed by atoms with Crippen LogP contribution in [0.3, 0.4) is 0 Å². The molecule has 2 atom stereocenters. The van der Waals surface area contributed by atoms with E-state index < -0.39 is 23.8 Å². The Kier molecular flexibility index (Phi) is 4.02. The molecule has 2 rings (SSSR count). The fourth-order valence-corrected chi connectivity index (χ4v) is 2.13. The van der Waals surface area contributed by atoms with E-state index in [1.165, 1.54) is 6.92 Å². The molecule has 0 saturated carbocycles. The number of carboxylic acids is 1. The van der Waals surface area contributed by atoms with Crippen molar-refractivity contribution >= 4 is 23.5 Å². The minimum atomic E-state index is -1.09. The zero-order valence-corrected chi connectivity index (χ0v) is 11.1. The third-order valence-electron chi connectivity index (χ3n) is 3.29. The Balaban J connectivity index is 2.02. The van der Waals surface area contributed by atoms with Gasteiger partial charge in [0.15, 0.2) is 0 Å². The van der Waals surface area contributed by atoms with Gasteiger partial charge in [-0.25, -0.2) is 0 Å². The molecule has 1 aliphatic heterocycles. The number of benzene rings is 1. The second-order valence-electron chi connectivity index (χ2n) is 4.81. The molecule has 6 heteroatoms. The van der Waals surface area contributed by atoms with Crippen molar-refractivity contribution in [3.05, 3.63) is 30.3 Å². The number of carboxylic acid groups (broad SMARTS) is 1. The Morgan fingerprint density at radius 3 is 2.60 bits per heavy atom. The van der Waals surface area contributed by atoms with Crippen molar-refractivity contribution in [2.45, 2.75) is 19.4 Å². The van der Waals surface area contributed by atoms with E-state index in [0.29, 0.717) is 0 Å². The van der Waals surface area contributed by atoms with Crippen LogP contribution in [0.1, 0.15) is 13.3 Å². The first-order valence-electron chi connectivity index (χ1n) is 6.37. The Hall–Kier alpha value is -2.37. The van der Waals surface area contributed by atoms with Gasteiger partial charge in [0.25, 0.3) is 0 Å². The van der Waals surface area contributed by atoms with Gasteiger partial charge in [-0.1, -0.05) is 18.2 Å². The van der Waals surface area contributed by atoms with Gasteiger partial charge in [0.05, 0.1) is 5.92 Å². The van der Waals surface area contributed by atoms with Gasteiger partial charge in [0.2, 0.25) is 11.8 Å². The molecule has 2 amide bonds. The van der Waals surface area contributed by atoms with E-state index in [0.717, 1.165) is 5.69 Å². The van der Waals surface area contributed by atoms with E-state index >= 15 is 0 Å². The highest BCUT2D eigenvalue weighted by Gasteiger charge is 2.35. The number of para-hydroxylation sites is 1. The van der Waals surface area contributed by atoms with Crippen LogP contribution in [0.2, 0.25) is 0 Å². The number of hydrogen-bond acceptors (Lipinski definition) is 3. The number of aliphatic carboxylic acids is 1. The van der Waals surface area contributed by atoms with Crippen molar-refractivity contribution in [1.82, 2.24) is 5.32 Å². The van der Waals surface area contributed by atoms with E-state index in [1.807, 2.05) is 18.2 Å². The number of anilines is 1. The van der Waals surface area contributed by atoms with Gasteiger partial charge >= 0.3 is 5.97 Å². The van der Waals surface area contributed by atoms with Gasteiger partial charge in [0, 0.05) is 18.7 Å². The summed E-state index contributed by atoms with van der Waals surface area (Å²) in [7, 11) is 0. The first-order valence-corrected chi connectivity index (χ1v) is 6.37. The van der Waals surface area contributed by atoms with E-state index in [4.69, 9.17) is 5.11 Å². The quantitative estimate of drug-likeness (QED) is 0.844. The topological polar surface area (TPSA) is 86.7 Å². The number of hydrogen-bond donors (Lipinski definition) is 2. The smallest absolute Gasteiger partial charge is 0.325 e. The summed E-state index contributed by atoms with van der Waals surface area (Å²) in [6.45, 7) is 1.67. The van der Waals surface area contributed by atoms with Gasteiger partial charge in [0.1, 0.15) is 6.04 Å². The second-order valence-corrected chi connectivity index (χ2v) is 4.81. The minimum Gasteiger partial charge on any atom is -0.480 e. The SMILES string of the molecule is CC(NC(=O)C1CC(=O)N(c2ccccc2)C1)C(=O)O. The third-order valence-corrected chi connectivity index (χ3v) is 3.29. The van der Waals surface area contributed by atoms with Gasteiger partial charge in [-0.2, -0.15) is 0 Å². The average Bonchev–Trinajstić information content (AvgIpc) is 2.81. The number of nitrogens with one attached hydrogen (secondary N) is 1. The maximum atomic E-state index is 11.9. The Labute approximate surface area is 116 Å². The molecule has 6 nitrogen and oxygen atoms in total. The highest BCUT2D eigenvalue weighted by Crippen LogP contribution is 2.24. The van der Waals surface area contributed by atoms with Crippen molar-refractivity contribution in [3.63, 3.8) is 0 Å². The lowest BCUT2D eigenvalue weighted by atomic mass is 10.1. The van der Waals surface area contributed by atoms with Crippen molar-refractivity contribution in [2.24, 2.45) is 5.92 Å². The van der Waals surface area contributed by atoms with Gasteiger partial charge in [-0.05, 0) is 19.1 Å². The Bertz CT molecular complexity index is 529. The largest absolute Gasteiger partial charge is 0.480 e. The molecular weight excluding hydrogens is 260 g/mol. The summed E-state index contributed by atoms with van der Waals surface area (Å²) in [6, 6.07) is 8.15. The monoisotopic (exact) mass is 276 g/mol. The molecule has 0 bridgehead atoms. The van der Waals surface area contributed by atoms with Crippen LogP contribution < -0.4 is 10.2 Å². The molecule has 20 heavy (non-hydrogen) atoms. The molecule has 1 aliphatic rings. The normalized spacial score (nSPS) is 19.8. The van der Waals surface area contributed by atoms with E-state index in [-0.39, 0.29) is 18.9 Å². The molecular formula is C14H16N2O4. The lowest BCUT2D eigenvalue weighted by molar-refractivity contribution is -0.141. The van der Waals surface area contributed by atoms with Crippen molar-refractivity contribution in [3.8, 4) is 0 Å². The number of rotatable bonds is 4. The predicted molar refractivity (Wildman–Crippen MR) is 72.1 cm³/mol. The summed E-state index contributed by atoms with van der Waals surface area (Å²) in [5.74, 6) is -2.13. The summed E-state index contributed by atoms with van der Waals surface area (Å²) < 4.78 is 0. The third kappa shape index (κ3) is 2.96. The number of nitrogens with zero attached hydrogens (tertiary/aromatic N) is 1. The summed E-state index contributed by atoms with van der Waals surface area (Å²) in [4.78, 5) is 36.1. The number of carbonyl (C=O) groups excluding carboxylic acids is 2. The minimum absolute atomic E-state index is 0.104. The van der Waals surface area contributed by atoms with Gasteiger partial charge < -0.3 is 15.3 Å². The Morgan fingerprint density at radius 1 is 1.35 bits per heavy atom. The molecule has 0 aliphatic carbocycles. The molecule has 2 N–H and O–H groups in total. The lowest BCUT2D eigenvalue weighted by Gasteiger charge is -2.17. The molecule has 1 saturated heterocycles. The molecule has 1 aromatic carbocycles. The highest BCUT2D eigenvalue weighted by molar-refractivity contribution is 6.00. The van der Waals surface area contributed by atoms with Crippen LogP contribution >= 0.6 is 0 Å². The predicted octanol–water partition coefficient (Wildman–Crippen LogP) is 0.629. The number of amides is 2. The fraction of sp³-hybridized carbons (Fsp3) is 0.357. The summed E-state index contributed by atoms with van der Waals surface area (Å²) in [6.07, 6.45) is 0.104. The molecule has 0 aromatic heterocycles. The molecule has 0 spiro atoms. The van der Waals surface area contributed by atoms with Crippen LogP contribution in [0.5, 0.6) is 0 Å². The van der Waals surface area contributed by atoms with E-state index in [1.54, 1.807) is 17.0 Å². The van der Waals surface area contributed by atoms with E-state index in [2.05, 4.69) is 5.32 Å². The fourth-order valence-electron chi connectivity index (χ4n) is 2.13. The molecule has 1 fully saturated rings. The molecule has 0 radical (unpaired) electrons. The lowest BCUT2D eigenvalue weighted by Crippen LogP contribution is -2.42. The maximum absolute atomic E-state index is 11.9. The molecule has 2 unspecified atom stereocenters. The highest BCUT2D eigenvalue weighted by atomic mass is 16.4. The van der Waals surface area contributed by atoms with E-state index in [9.17, 15) is 14.4 Å². The van der Waals surface area contributed by atoms with Crippen molar-refractivity contribution in [2.75, 3.05) is 11.4 Å². The first-order chi connectivity index (χ1) is 9.49. The summed E-state index contributed by atoms with van der Waals surface area (Å²) >= 11 is 0. The first kappa shape index (κ1) is 14.0. The standard InChI is InChI=1S/C14H16N2O4/c1-9(14(19)20)15-13(18)10-7-12(17)16(8-10)11-5-3-2-4-6-11/h2-6,9-10H,7-8H2,1H3,(H,15,18)(H,19,20). The maximum Gasteiger partial charge on any atom is 0.325 e. The zero-order valence-electron chi connectivity index (χ0n) is 11.1. The zero-order chi connectivity index (χ0) is 14.7. The average molecular weight is 276 g/mol. The molecule has 1 aromatic rings. The van der Waals surface area contributed by atoms with Crippen molar-refractivity contribution < 1.29 is 19.5 Å². The Morgan fingerprint density at radius 2 is 2.00 bits per heavy atom. The molecule has 1 heterocycles. The van der Waals surface area contributed by atoms with Crippen LogP contribution in [-0.4, -0.2) is 35.5 Å². The number of carbonyl (C=O) groups is 3. The van der Waals surface area contributed by atoms with Gasteiger partial charge in [-0.3, -0.25) is 14.4 Å². The summed E-state index contributed by atoms with van der Waals surface area (Å²) in [5, 5.41) is 11.2. The van der Waals surface area contributed by atoms with Gasteiger partial charge in [-0.15, -0.1) is 0 Å². The van der Waals surface area contributed by atoms with Crippen LogP contribution in [-0.2, 0) is 14.4 Å². The van der Waals surface area contributed by atoms with Crippen LogP contribution in [0.4, 0.5) is 5.69 Å².